The maximum atomic E-state index is 12.8. The lowest BCUT2D eigenvalue weighted by atomic mass is 10.2. The number of hydrogen-bond donors (Lipinski definition) is 0. The van der Waals surface area contributed by atoms with E-state index < -0.39 is 10.0 Å². The van der Waals surface area contributed by atoms with Crippen molar-refractivity contribution in [1.29, 1.82) is 0 Å². The standard InChI is InChI=1S/C21H23N5O3S2/c1-4-26(5-2)31(27,28)18-8-6-7-16(11-18)20-23-24-21(29-20)30-14-17-13-25-12-15(3)9-10-19(25)22-17/h6-13H,4-5,14H2,1-3H3. The van der Waals surface area contributed by atoms with E-state index in [1.54, 1.807) is 24.3 Å². The van der Waals surface area contributed by atoms with Crippen LogP contribution >= 0.6 is 11.8 Å². The fourth-order valence-electron chi connectivity index (χ4n) is 3.25. The van der Waals surface area contributed by atoms with Crippen LogP contribution in [0.1, 0.15) is 25.1 Å². The number of rotatable bonds is 8. The molecule has 162 valence electrons. The van der Waals surface area contributed by atoms with Crippen LogP contribution in [0.25, 0.3) is 17.1 Å². The molecule has 0 N–H and O–H groups in total. The lowest BCUT2D eigenvalue weighted by Crippen LogP contribution is -2.30. The van der Waals surface area contributed by atoms with Gasteiger partial charge in [0.15, 0.2) is 0 Å². The van der Waals surface area contributed by atoms with E-state index in [4.69, 9.17) is 4.42 Å². The quantitative estimate of drug-likeness (QED) is 0.369. The van der Waals surface area contributed by atoms with E-state index in [1.165, 1.54) is 16.1 Å². The first-order valence-corrected chi connectivity index (χ1v) is 12.3. The van der Waals surface area contributed by atoms with Gasteiger partial charge in [0.05, 0.1) is 10.6 Å². The van der Waals surface area contributed by atoms with Crippen LogP contribution in [0.15, 0.2) is 63.3 Å². The number of aryl methyl sites for hydroxylation is 1. The van der Waals surface area contributed by atoms with Gasteiger partial charge in [-0.1, -0.05) is 37.7 Å². The average molecular weight is 458 g/mol. The van der Waals surface area contributed by atoms with Crippen LogP contribution in [-0.2, 0) is 15.8 Å². The first-order chi connectivity index (χ1) is 14.9. The van der Waals surface area contributed by atoms with Crippen molar-refractivity contribution < 1.29 is 12.8 Å². The van der Waals surface area contributed by atoms with Gasteiger partial charge >= 0.3 is 0 Å². The molecule has 4 aromatic rings. The van der Waals surface area contributed by atoms with Crippen LogP contribution < -0.4 is 0 Å². The second-order valence-corrected chi connectivity index (χ2v) is 9.85. The van der Waals surface area contributed by atoms with E-state index in [9.17, 15) is 8.42 Å². The number of thioether (sulfide) groups is 1. The Kier molecular flexibility index (Phi) is 6.12. The molecule has 0 fully saturated rings. The van der Waals surface area contributed by atoms with Crippen molar-refractivity contribution in [2.75, 3.05) is 13.1 Å². The average Bonchev–Trinajstić information content (AvgIpc) is 3.39. The van der Waals surface area contributed by atoms with Gasteiger partial charge in [-0.3, -0.25) is 0 Å². The molecule has 8 nitrogen and oxygen atoms in total. The third kappa shape index (κ3) is 4.51. The minimum Gasteiger partial charge on any atom is -0.411 e. The second-order valence-electron chi connectivity index (χ2n) is 6.98. The molecular weight excluding hydrogens is 434 g/mol. The molecule has 0 amide bonds. The molecule has 0 aliphatic rings. The maximum Gasteiger partial charge on any atom is 0.277 e. The molecule has 3 heterocycles. The summed E-state index contributed by atoms with van der Waals surface area (Å²) in [5.41, 5.74) is 3.52. The van der Waals surface area contributed by atoms with E-state index in [0.29, 0.717) is 29.6 Å². The second kappa shape index (κ2) is 8.81. The number of nitrogens with zero attached hydrogens (tertiary/aromatic N) is 5. The van der Waals surface area contributed by atoms with Gasteiger partial charge < -0.3 is 8.82 Å². The summed E-state index contributed by atoms with van der Waals surface area (Å²) in [6.07, 6.45) is 4.01. The predicted octanol–water partition coefficient (Wildman–Crippen LogP) is 4.02. The summed E-state index contributed by atoms with van der Waals surface area (Å²) in [4.78, 5) is 4.80. The molecule has 3 aromatic heterocycles. The van der Waals surface area contributed by atoms with Crippen LogP contribution in [0.5, 0.6) is 0 Å². The summed E-state index contributed by atoms with van der Waals surface area (Å²) < 4.78 is 34.7. The fourth-order valence-corrected chi connectivity index (χ4v) is 5.40. The van der Waals surface area contributed by atoms with Gasteiger partial charge in [-0.15, -0.1) is 10.2 Å². The number of fused-ring (bicyclic) bond motifs is 1. The van der Waals surface area contributed by atoms with Crippen molar-refractivity contribution in [2.24, 2.45) is 0 Å². The van der Waals surface area contributed by atoms with Crippen molar-refractivity contribution in [3.63, 3.8) is 0 Å². The Labute approximate surface area is 185 Å². The summed E-state index contributed by atoms with van der Waals surface area (Å²) in [6.45, 7) is 6.49. The van der Waals surface area contributed by atoms with Gasteiger partial charge in [-0.25, -0.2) is 13.4 Å². The van der Waals surface area contributed by atoms with Gasteiger partial charge in [0.1, 0.15) is 5.65 Å². The van der Waals surface area contributed by atoms with Gasteiger partial charge in [0, 0.05) is 36.8 Å². The minimum absolute atomic E-state index is 0.209. The Morgan fingerprint density at radius 3 is 2.68 bits per heavy atom. The Bertz CT molecular complexity index is 1310. The van der Waals surface area contributed by atoms with Gasteiger partial charge in [0.25, 0.3) is 5.22 Å². The maximum absolute atomic E-state index is 12.8. The first kappa shape index (κ1) is 21.5. The highest BCUT2D eigenvalue weighted by atomic mass is 32.2. The van der Waals surface area contributed by atoms with Crippen molar-refractivity contribution in [2.45, 2.75) is 36.6 Å². The Morgan fingerprint density at radius 2 is 1.90 bits per heavy atom. The van der Waals surface area contributed by atoms with Gasteiger partial charge in [-0.05, 0) is 36.8 Å². The van der Waals surface area contributed by atoms with E-state index in [-0.39, 0.29) is 10.8 Å². The molecule has 0 unspecified atom stereocenters. The predicted molar refractivity (Wildman–Crippen MR) is 119 cm³/mol. The van der Waals surface area contributed by atoms with Crippen LogP contribution in [-0.4, -0.2) is 45.4 Å². The minimum atomic E-state index is -3.56. The normalized spacial score (nSPS) is 12.1. The molecule has 0 spiro atoms. The van der Waals surface area contributed by atoms with Crippen LogP contribution in [0, 0.1) is 6.92 Å². The lowest BCUT2D eigenvalue weighted by molar-refractivity contribution is 0.445. The SMILES string of the molecule is CCN(CC)S(=O)(=O)c1cccc(-c2nnc(SCc3cn4cc(C)ccc4n3)o2)c1. The molecule has 10 heteroatoms. The van der Waals surface area contributed by atoms with Crippen LogP contribution in [0.4, 0.5) is 0 Å². The number of sulfonamides is 1. The molecule has 0 radical (unpaired) electrons. The third-order valence-corrected chi connectivity index (χ3v) is 7.72. The zero-order valence-corrected chi connectivity index (χ0v) is 19.2. The summed E-state index contributed by atoms with van der Waals surface area (Å²) in [6, 6.07) is 10.6. The van der Waals surface area contributed by atoms with E-state index >= 15 is 0 Å². The highest BCUT2D eigenvalue weighted by Gasteiger charge is 2.22. The highest BCUT2D eigenvalue weighted by Crippen LogP contribution is 2.27. The molecule has 0 aliphatic carbocycles. The third-order valence-electron chi connectivity index (χ3n) is 4.82. The number of aromatic nitrogens is 4. The van der Waals surface area contributed by atoms with Crippen molar-refractivity contribution in [3.05, 3.63) is 60.0 Å². The lowest BCUT2D eigenvalue weighted by Gasteiger charge is -2.18. The summed E-state index contributed by atoms with van der Waals surface area (Å²) in [7, 11) is -3.56. The smallest absolute Gasteiger partial charge is 0.277 e. The summed E-state index contributed by atoms with van der Waals surface area (Å²) >= 11 is 1.39. The zero-order valence-electron chi connectivity index (χ0n) is 17.5. The molecule has 0 saturated heterocycles. The number of imidazole rings is 1. The Balaban J connectivity index is 1.50. The summed E-state index contributed by atoms with van der Waals surface area (Å²) in [5.74, 6) is 0.864. The monoisotopic (exact) mass is 457 g/mol. The van der Waals surface area contributed by atoms with Crippen molar-refractivity contribution in [1.82, 2.24) is 23.9 Å². The van der Waals surface area contributed by atoms with Crippen molar-refractivity contribution in [3.8, 4) is 11.5 Å². The van der Waals surface area contributed by atoms with E-state index in [1.807, 2.05) is 49.7 Å². The molecule has 1 aromatic carbocycles. The largest absolute Gasteiger partial charge is 0.411 e. The molecular formula is C21H23N5O3S2. The highest BCUT2D eigenvalue weighted by molar-refractivity contribution is 7.98. The fraction of sp³-hybridized carbons (Fsp3) is 0.286. The Morgan fingerprint density at radius 1 is 1.10 bits per heavy atom. The molecule has 0 bridgehead atoms. The molecule has 0 aliphatic heterocycles. The molecule has 0 saturated carbocycles. The van der Waals surface area contributed by atoms with Crippen LogP contribution in [0.2, 0.25) is 0 Å². The molecule has 31 heavy (non-hydrogen) atoms. The number of pyridine rings is 1. The van der Waals surface area contributed by atoms with Crippen molar-refractivity contribution >= 4 is 27.4 Å². The molecule has 0 atom stereocenters. The van der Waals surface area contributed by atoms with E-state index in [0.717, 1.165) is 16.9 Å². The Hall–Kier alpha value is -2.69. The number of hydrogen-bond acceptors (Lipinski definition) is 7. The summed E-state index contributed by atoms with van der Waals surface area (Å²) in [5, 5.41) is 8.58. The van der Waals surface area contributed by atoms with Crippen LogP contribution in [0.3, 0.4) is 0 Å². The van der Waals surface area contributed by atoms with Gasteiger partial charge in [0.2, 0.25) is 15.9 Å². The zero-order chi connectivity index (χ0) is 22.0. The first-order valence-electron chi connectivity index (χ1n) is 9.92. The molecule has 4 rings (SSSR count). The van der Waals surface area contributed by atoms with E-state index in [2.05, 4.69) is 15.2 Å². The van der Waals surface area contributed by atoms with Gasteiger partial charge in [-0.2, -0.15) is 4.31 Å². The number of benzene rings is 1. The topological polar surface area (TPSA) is 93.6 Å².